The molecule has 0 aliphatic heterocycles. The van der Waals surface area contributed by atoms with Gasteiger partial charge in [0.25, 0.3) is 5.69 Å². The molecule has 2 aromatic carbocycles. The Bertz CT molecular complexity index is 708. The summed E-state index contributed by atoms with van der Waals surface area (Å²) in [6.45, 7) is 2.04. The third-order valence-corrected chi connectivity index (χ3v) is 3.85. The number of anilines is 1. The molecule has 21 heavy (non-hydrogen) atoms. The lowest BCUT2D eigenvalue weighted by atomic mass is 10.1. The van der Waals surface area contributed by atoms with E-state index < -0.39 is 27.9 Å². The van der Waals surface area contributed by atoms with Gasteiger partial charge in [0.05, 0.1) is 4.92 Å². The van der Waals surface area contributed by atoms with Crippen molar-refractivity contribution in [3.8, 4) is 0 Å². The first-order chi connectivity index (χ1) is 9.90. The minimum absolute atomic E-state index is 0.148. The SMILES string of the molecule is Cc1cc(CNc2c([N+](=O)[O-])ccc(F)c2F)ccc1Br. The van der Waals surface area contributed by atoms with E-state index in [9.17, 15) is 18.9 Å². The van der Waals surface area contributed by atoms with Crippen molar-refractivity contribution in [3.05, 3.63) is 67.7 Å². The van der Waals surface area contributed by atoms with Gasteiger partial charge in [-0.15, -0.1) is 0 Å². The number of benzene rings is 2. The van der Waals surface area contributed by atoms with Gasteiger partial charge in [-0.1, -0.05) is 28.1 Å². The normalized spacial score (nSPS) is 10.5. The number of rotatable bonds is 4. The maximum Gasteiger partial charge on any atom is 0.295 e. The molecular formula is C14H11BrF2N2O2. The van der Waals surface area contributed by atoms with Crippen molar-refractivity contribution in [3.63, 3.8) is 0 Å². The zero-order valence-electron chi connectivity index (χ0n) is 11.0. The number of nitro benzene ring substituents is 1. The van der Waals surface area contributed by atoms with Crippen LogP contribution in [0.4, 0.5) is 20.2 Å². The van der Waals surface area contributed by atoms with Crippen LogP contribution in [-0.2, 0) is 6.54 Å². The van der Waals surface area contributed by atoms with Crippen LogP contribution in [-0.4, -0.2) is 4.92 Å². The first-order valence-electron chi connectivity index (χ1n) is 6.01. The fourth-order valence-electron chi connectivity index (χ4n) is 1.87. The molecule has 0 aromatic heterocycles. The van der Waals surface area contributed by atoms with Crippen LogP contribution in [0.3, 0.4) is 0 Å². The largest absolute Gasteiger partial charge is 0.373 e. The molecular weight excluding hydrogens is 346 g/mol. The number of nitrogens with zero attached hydrogens (tertiary/aromatic N) is 1. The predicted molar refractivity (Wildman–Crippen MR) is 79.2 cm³/mol. The van der Waals surface area contributed by atoms with Crippen LogP contribution in [0.5, 0.6) is 0 Å². The standard InChI is InChI=1S/C14H11BrF2N2O2/c1-8-6-9(2-3-10(8)15)7-18-14-12(19(20)21)5-4-11(16)13(14)17/h2-6,18H,7H2,1H3. The van der Waals surface area contributed by atoms with E-state index in [2.05, 4.69) is 21.2 Å². The molecule has 0 radical (unpaired) electrons. The van der Waals surface area contributed by atoms with Crippen LogP contribution in [0.1, 0.15) is 11.1 Å². The van der Waals surface area contributed by atoms with E-state index >= 15 is 0 Å². The number of nitro groups is 1. The number of hydrogen-bond donors (Lipinski definition) is 1. The summed E-state index contributed by atoms with van der Waals surface area (Å²) in [5.74, 6) is -2.38. The summed E-state index contributed by atoms with van der Waals surface area (Å²) in [6, 6.07) is 7.13. The molecule has 7 heteroatoms. The molecule has 0 aliphatic carbocycles. The molecule has 0 saturated carbocycles. The van der Waals surface area contributed by atoms with Gasteiger partial charge in [0.15, 0.2) is 17.3 Å². The van der Waals surface area contributed by atoms with Crippen LogP contribution >= 0.6 is 15.9 Å². The van der Waals surface area contributed by atoms with E-state index in [0.29, 0.717) is 0 Å². The van der Waals surface area contributed by atoms with E-state index in [1.807, 2.05) is 19.1 Å². The highest BCUT2D eigenvalue weighted by molar-refractivity contribution is 9.10. The van der Waals surface area contributed by atoms with Gasteiger partial charge in [0, 0.05) is 17.1 Å². The Labute approximate surface area is 128 Å². The maximum absolute atomic E-state index is 13.7. The third-order valence-electron chi connectivity index (χ3n) is 2.96. The lowest BCUT2D eigenvalue weighted by Crippen LogP contribution is -2.06. The second-order valence-electron chi connectivity index (χ2n) is 4.45. The van der Waals surface area contributed by atoms with Crippen LogP contribution in [0.15, 0.2) is 34.8 Å². The first-order valence-corrected chi connectivity index (χ1v) is 6.80. The molecule has 0 heterocycles. The summed E-state index contributed by atoms with van der Waals surface area (Å²) in [5, 5.41) is 13.5. The molecule has 0 saturated heterocycles. The summed E-state index contributed by atoms with van der Waals surface area (Å²) in [6.07, 6.45) is 0. The Hall–Kier alpha value is -2.02. The molecule has 2 aromatic rings. The van der Waals surface area contributed by atoms with Crippen LogP contribution in [0.2, 0.25) is 0 Å². The molecule has 0 unspecified atom stereocenters. The molecule has 0 fully saturated rings. The van der Waals surface area contributed by atoms with Gasteiger partial charge in [-0.3, -0.25) is 10.1 Å². The van der Waals surface area contributed by atoms with E-state index in [0.717, 1.165) is 27.7 Å². The second kappa shape index (κ2) is 6.17. The van der Waals surface area contributed by atoms with Gasteiger partial charge in [-0.05, 0) is 30.2 Å². The highest BCUT2D eigenvalue weighted by atomic mass is 79.9. The fourth-order valence-corrected chi connectivity index (χ4v) is 2.11. The van der Waals surface area contributed by atoms with Crippen molar-refractivity contribution >= 4 is 27.3 Å². The number of nitrogens with one attached hydrogen (secondary N) is 1. The average molecular weight is 357 g/mol. The Kier molecular flexibility index (Phi) is 4.52. The molecule has 1 N–H and O–H groups in total. The van der Waals surface area contributed by atoms with E-state index in [1.165, 1.54) is 0 Å². The maximum atomic E-state index is 13.7. The summed E-state index contributed by atoms with van der Waals surface area (Å²) >= 11 is 3.36. The van der Waals surface area contributed by atoms with Gasteiger partial charge in [-0.2, -0.15) is 0 Å². The monoisotopic (exact) mass is 356 g/mol. The lowest BCUT2D eigenvalue weighted by Gasteiger charge is -2.10. The van der Waals surface area contributed by atoms with Gasteiger partial charge >= 0.3 is 0 Å². The highest BCUT2D eigenvalue weighted by Crippen LogP contribution is 2.29. The van der Waals surface area contributed by atoms with E-state index in [1.54, 1.807) is 6.07 Å². The average Bonchev–Trinajstić information content (AvgIpc) is 2.43. The topological polar surface area (TPSA) is 55.2 Å². The zero-order chi connectivity index (χ0) is 15.6. The second-order valence-corrected chi connectivity index (χ2v) is 5.30. The zero-order valence-corrected chi connectivity index (χ0v) is 12.6. The third kappa shape index (κ3) is 3.36. The van der Waals surface area contributed by atoms with Gasteiger partial charge in [0.2, 0.25) is 0 Å². The minimum atomic E-state index is -1.25. The lowest BCUT2D eigenvalue weighted by molar-refractivity contribution is -0.384. The van der Waals surface area contributed by atoms with E-state index in [4.69, 9.17) is 0 Å². The molecule has 4 nitrogen and oxygen atoms in total. The Balaban J connectivity index is 2.28. The van der Waals surface area contributed by atoms with Crippen molar-refractivity contribution in [1.29, 1.82) is 0 Å². The van der Waals surface area contributed by atoms with Crippen LogP contribution < -0.4 is 5.32 Å². The molecule has 2 rings (SSSR count). The Morgan fingerprint density at radius 3 is 2.62 bits per heavy atom. The molecule has 0 spiro atoms. The van der Waals surface area contributed by atoms with Crippen molar-refractivity contribution in [2.45, 2.75) is 13.5 Å². The van der Waals surface area contributed by atoms with Crippen molar-refractivity contribution in [2.75, 3.05) is 5.32 Å². The quantitative estimate of drug-likeness (QED) is 0.645. The van der Waals surface area contributed by atoms with Gasteiger partial charge in [0.1, 0.15) is 0 Å². The van der Waals surface area contributed by atoms with Crippen LogP contribution in [0.25, 0.3) is 0 Å². The first kappa shape index (κ1) is 15.4. The smallest absolute Gasteiger partial charge is 0.295 e. The molecule has 0 amide bonds. The minimum Gasteiger partial charge on any atom is -0.373 e. The molecule has 0 atom stereocenters. The van der Waals surface area contributed by atoms with Gasteiger partial charge < -0.3 is 5.32 Å². The van der Waals surface area contributed by atoms with Crippen molar-refractivity contribution in [2.24, 2.45) is 0 Å². The number of aryl methyl sites for hydroxylation is 1. The molecule has 0 bridgehead atoms. The van der Waals surface area contributed by atoms with Crippen molar-refractivity contribution in [1.82, 2.24) is 0 Å². The summed E-state index contributed by atoms with van der Waals surface area (Å²) in [7, 11) is 0. The Morgan fingerprint density at radius 2 is 2.00 bits per heavy atom. The number of halogens is 3. The molecule has 110 valence electrons. The predicted octanol–water partition coefficient (Wildman–Crippen LogP) is 4.56. The van der Waals surface area contributed by atoms with Crippen LogP contribution in [0, 0.1) is 28.7 Å². The molecule has 0 aliphatic rings. The van der Waals surface area contributed by atoms with Crippen molar-refractivity contribution < 1.29 is 13.7 Å². The fraction of sp³-hybridized carbons (Fsp3) is 0.143. The van der Waals surface area contributed by atoms with E-state index in [-0.39, 0.29) is 6.54 Å². The summed E-state index contributed by atoms with van der Waals surface area (Å²) < 4.78 is 27.9. The Morgan fingerprint density at radius 1 is 1.29 bits per heavy atom. The summed E-state index contributed by atoms with van der Waals surface area (Å²) in [4.78, 5) is 10.1. The highest BCUT2D eigenvalue weighted by Gasteiger charge is 2.21. The van der Waals surface area contributed by atoms with Gasteiger partial charge in [-0.25, -0.2) is 8.78 Å². The number of hydrogen-bond acceptors (Lipinski definition) is 3. The summed E-state index contributed by atoms with van der Waals surface area (Å²) in [5.41, 5.74) is 0.834.